The minimum atomic E-state index is -3.22. The Bertz CT molecular complexity index is 317. The predicted octanol–water partition coefficient (Wildman–Crippen LogP) is 1.89. The summed E-state index contributed by atoms with van der Waals surface area (Å²) < 4.78 is 29.1. The number of nitrogens with one attached hydrogen (secondary N) is 1. The van der Waals surface area contributed by atoms with Crippen molar-refractivity contribution in [3.8, 4) is 0 Å². The molecular formula is C11H22NO5P. The van der Waals surface area contributed by atoms with Gasteiger partial charge in [-0.2, -0.15) is 0 Å². The van der Waals surface area contributed by atoms with E-state index in [1.165, 1.54) is 0 Å². The van der Waals surface area contributed by atoms with Gasteiger partial charge in [-0.15, -0.1) is 0 Å². The molecule has 106 valence electrons. The Kier molecular flexibility index (Phi) is 6.29. The van der Waals surface area contributed by atoms with Gasteiger partial charge < -0.3 is 19.3 Å². The summed E-state index contributed by atoms with van der Waals surface area (Å²) in [5.74, 6) is -0.611. The van der Waals surface area contributed by atoms with E-state index in [1.807, 2.05) is 0 Å². The Morgan fingerprint density at radius 2 is 1.89 bits per heavy atom. The highest BCUT2D eigenvalue weighted by Gasteiger charge is 2.46. The van der Waals surface area contributed by atoms with Crippen LogP contribution in [0.5, 0.6) is 0 Å². The average molecular weight is 279 g/mol. The fraction of sp³-hybridized carbons (Fsp3) is 0.909. The van der Waals surface area contributed by atoms with Crippen LogP contribution in [0.3, 0.4) is 0 Å². The second kappa shape index (κ2) is 7.24. The molecule has 7 heteroatoms. The maximum atomic E-state index is 13.0. The molecule has 18 heavy (non-hydrogen) atoms. The standard InChI is InChI=1S/C11H22NO5P/c1-4-15-11(16-5-2)18(14,17-6-3)10-8-7-9(13)12-10/h10-11H,4-8H2,1-3H3,(H,12,13)/t10-,18?/m1/s1. The van der Waals surface area contributed by atoms with Gasteiger partial charge in [0.15, 0.2) is 0 Å². The van der Waals surface area contributed by atoms with Crippen LogP contribution < -0.4 is 5.32 Å². The SMILES string of the molecule is CCOC(OCC)P(=O)(OCC)[C@@H]1CCC(=O)N1. The lowest BCUT2D eigenvalue weighted by atomic mass is 10.4. The molecule has 2 atom stereocenters. The highest BCUT2D eigenvalue weighted by molar-refractivity contribution is 7.60. The molecular weight excluding hydrogens is 257 g/mol. The third-order valence-electron chi connectivity index (χ3n) is 2.65. The van der Waals surface area contributed by atoms with E-state index in [0.29, 0.717) is 32.7 Å². The van der Waals surface area contributed by atoms with Gasteiger partial charge in [-0.25, -0.2) is 0 Å². The van der Waals surface area contributed by atoms with Crippen molar-refractivity contribution in [2.75, 3.05) is 19.8 Å². The molecule has 1 heterocycles. The van der Waals surface area contributed by atoms with E-state index in [2.05, 4.69) is 5.32 Å². The van der Waals surface area contributed by atoms with Crippen molar-refractivity contribution in [2.45, 2.75) is 45.4 Å². The Labute approximate surface area is 108 Å². The molecule has 1 amide bonds. The molecule has 1 N–H and O–H groups in total. The summed E-state index contributed by atoms with van der Waals surface area (Å²) in [7, 11) is -3.22. The zero-order valence-corrected chi connectivity index (χ0v) is 12.1. The lowest BCUT2D eigenvalue weighted by Crippen LogP contribution is -2.33. The minimum Gasteiger partial charge on any atom is -0.345 e. The molecule has 0 radical (unpaired) electrons. The van der Waals surface area contributed by atoms with Crippen molar-refractivity contribution in [3.63, 3.8) is 0 Å². The fourth-order valence-corrected chi connectivity index (χ4v) is 4.43. The van der Waals surface area contributed by atoms with Crippen LogP contribution in [0, 0.1) is 0 Å². The predicted molar refractivity (Wildman–Crippen MR) is 67.4 cm³/mol. The molecule has 1 aliphatic rings. The van der Waals surface area contributed by atoms with Crippen molar-refractivity contribution in [1.82, 2.24) is 5.32 Å². The molecule has 0 saturated carbocycles. The van der Waals surface area contributed by atoms with E-state index in [1.54, 1.807) is 20.8 Å². The number of ether oxygens (including phenoxy) is 2. The highest BCUT2D eigenvalue weighted by atomic mass is 31.2. The Balaban J connectivity index is 2.88. The third kappa shape index (κ3) is 3.54. The summed E-state index contributed by atoms with van der Waals surface area (Å²) in [6.45, 7) is 6.41. The highest BCUT2D eigenvalue weighted by Crippen LogP contribution is 2.58. The molecule has 0 aromatic carbocycles. The van der Waals surface area contributed by atoms with E-state index in [0.717, 1.165) is 0 Å². The first-order valence-corrected chi connectivity index (χ1v) is 8.11. The topological polar surface area (TPSA) is 73.9 Å². The summed E-state index contributed by atoms with van der Waals surface area (Å²) in [6.07, 6.45) is 0.861. The molecule has 1 saturated heterocycles. The summed E-state index contributed by atoms with van der Waals surface area (Å²) in [5.41, 5.74) is 0. The Morgan fingerprint density at radius 3 is 2.28 bits per heavy atom. The molecule has 0 aliphatic carbocycles. The van der Waals surface area contributed by atoms with Crippen LogP contribution in [0.1, 0.15) is 33.6 Å². The molecule has 0 bridgehead atoms. The lowest BCUT2D eigenvalue weighted by Gasteiger charge is -2.30. The smallest absolute Gasteiger partial charge is 0.279 e. The van der Waals surface area contributed by atoms with Crippen molar-refractivity contribution in [2.24, 2.45) is 0 Å². The van der Waals surface area contributed by atoms with E-state index in [9.17, 15) is 9.36 Å². The van der Waals surface area contributed by atoms with Crippen molar-refractivity contribution in [1.29, 1.82) is 0 Å². The third-order valence-corrected chi connectivity index (χ3v) is 5.45. The number of hydrogen-bond acceptors (Lipinski definition) is 5. The quantitative estimate of drug-likeness (QED) is 0.542. The maximum absolute atomic E-state index is 13.0. The second-order valence-electron chi connectivity index (χ2n) is 3.90. The van der Waals surface area contributed by atoms with Gasteiger partial charge in [-0.05, 0) is 27.2 Å². The molecule has 0 spiro atoms. The van der Waals surface area contributed by atoms with Crippen molar-refractivity contribution in [3.05, 3.63) is 0 Å². The normalized spacial score (nSPS) is 23.1. The molecule has 6 nitrogen and oxygen atoms in total. The van der Waals surface area contributed by atoms with Crippen molar-refractivity contribution >= 4 is 13.3 Å². The minimum absolute atomic E-state index is 0.105. The lowest BCUT2D eigenvalue weighted by molar-refractivity contribution is -0.119. The van der Waals surface area contributed by atoms with Gasteiger partial charge in [0.2, 0.25) is 11.9 Å². The van der Waals surface area contributed by atoms with Gasteiger partial charge in [-0.1, -0.05) is 0 Å². The van der Waals surface area contributed by atoms with Gasteiger partial charge in [0, 0.05) is 19.6 Å². The number of amides is 1. The van der Waals surface area contributed by atoms with E-state index in [-0.39, 0.29) is 5.91 Å². The largest absolute Gasteiger partial charge is 0.345 e. The van der Waals surface area contributed by atoms with Crippen LogP contribution in [-0.4, -0.2) is 37.5 Å². The van der Waals surface area contributed by atoms with E-state index < -0.39 is 19.2 Å². The Morgan fingerprint density at radius 1 is 1.28 bits per heavy atom. The monoisotopic (exact) mass is 279 g/mol. The molecule has 1 rings (SSSR count). The average Bonchev–Trinajstić information content (AvgIpc) is 2.76. The first-order chi connectivity index (χ1) is 8.58. The second-order valence-corrected chi connectivity index (χ2v) is 6.50. The number of rotatable bonds is 8. The molecule has 1 fully saturated rings. The zero-order chi connectivity index (χ0) is 13.6. The van der Waals surface area contributed by atoms with Gasteiger partial charge in [0.1, 0.15) is 5.78 Å². The molecule has 0 aromatic heterocycles. The molecule has 1 aliphatic heterocycles. The van der Waals surface area contributed by atoms with Crippen LogP contribution in [0.4, 0.5) is 0 Å². The number of carbonyl (C=O) groups is 1. The van der Waals surface area contributed by atoms with Crippen LogP contribution >= 0.6 is 7.37 Å². The van der Waals surface area contributed by atoms with Gasteiger partial charge in [0.05, 0.1) is 6.61 Å². The summed E-state index contributed by atoms with van der Waals surface area (Å²) >= 11 is 0. The van der Waals surface area contributed by atoms with Gasteiger partial charge in [-0.3, -0.25) is 9.36 Å². The summed E-state index contributed by atoms with van der Waals surface area (Å²) in [6, 6.07) is -0.907. The summed E-state index contributed by atoms with van der Waals surface area (Å²) in [4.78, 5) is 11.3. The van der Waals surface area contributed by atoms with E-state index >= 15 is 0 Å². The van der Waals surface area contributed by atoms with Crippen LogP contribution in [-0.2, 0) is 23.4 Å². The van der Waals surface area contributed by atoms with E-state index in [4.69, 9.17) is 14.0 Å². The fourth-order valence-electron chi connectivity index (χ4n) is 1.91. The van der Waals surface area contributed by atoms with Crippen molar-refractivity contribution < 1.29 is 23.4 Å². The first kappa shape index (κ1) is 15.6. The number of hydrogen-bond donors (Lipinski definition) is 1. The van der Waals surface area contributed by atoms with Crippen LogP contribution in [0.25, 0.3) is 0 Å². The van der Waals surface area contributed by atoms with Crippen LogP contribution in [0.15, 0.2) is 0 Å². The van der Waals surface area contributed by atoms with Gasteiger partial charge >= 0.3 is 0 Å². The first-order valence-electron chi connectivity index (χ1n) is 6.34. The van der Waals surface area contributed by atoms with Crippen LogP contribution in [0.2, 0.25) is 0 Å². The zero-order valence-electron chi connectivity index (χ0n) is 11.2. The molecule has 1 unspecified atom stereocenters. The van der Waals surface area contributed by atoms with Gasteiger partial charge in [0.25, 0.3) is 7.37 Å². The summed E-state index contributed by atoms with van der Waals surface area (Å²) in [5, 5.41) is 2.69. The Hall–Kier alpha value is -0.420. The molecule has 0 aromatic rings. The number of carbonyl (C=O) groups excluding carboxylic acids is 1. The maximum Gasteiger partial charge on any atom is 0.279 e.